The van der Waals surface area contributed by atoms with Gasteiger partial charge in [0.25, 0.3) is 0 Å². The first-order chi connectivity index (χ1) is 11.3. The van der Waals surface area contributed by atoms with Crippen LogP contribution >= 0.6 is 11.3 Å². The quantitative estimate of drug-likeness (QED) is 0.599. The molecule has 0 fully saturated rings. The third kappa shape index (κ3) is 3.69. The van der Waals surface area contributed by atoms with Gasteiger partial charge in [-0.1, -0.05) is 67.6 Å². The molecule has 0 aliphatic heterocycles. The Morgan fingerprint density at radius 3 is 1.96 bits per heavy atom. The second-order valence-electron chi connectivity index (χ2n) is 5.23. The molecule has 0 unspecified atom stereocenters. The SMILES string of the molecule is CCc1ccc(C(=O)OC(c2ccccc2)c2ccccc2)s1. The molecule has 0 aliphatic rings. The molecule has 0 aliphatic carbocycles. The molecule has 3 aromatic rings. The number of hydrogen-bond donors (Lipinski definition) is 0. The van der Waals surface area contributed by atoms with Crippen molar-refractivity contribution in [2.24, 2.45) is 0 Å². The van der Waals surface area contributed by atoms with Crippen molar-refractivity contribution in [3.63, 3.8) is 0 Å². The average molecular weight is 322 g/mol. The van der Waals surface area contributed by atoms with Crippen LogP contribution in [0.3, 0.4) is 0 Å². The molecule has 0 radical (unpaired) electrons. The summed E-state index contributed by atoms with van der Waals surface area (Å²) >= 11 is 1.50. The maximum atomic E-state index is 12.5. The fraction of sp³-hybridized carbons (Fsp3) is 0.150. The number of hydrogen-bond acceptors (Lipinski definition) is 3. The Labute approximate surface area is 140 Å². The molecule has 2 nitrogen and oxygen atoms in total. The zero-order valence-corrected chi connectivity index (χ0v) is 13.8. The van der Waals surface area contributed by atoms with E-state index < -0.39 is 6.10 Å². The maximum Gasteiger partial charge on any atom is 0.349 e. The van der Waals surface area contributed by atoms with Gasteiger partial charge in [-0.15, -0.1) is 11.3 Å². The topological polar surface area (TPSA) is 26.3 Å². The van der Waals surface area contributed by atoms with Crippen LogP contribution in [-0.2, 0) is 11.2 Å². The second kappa shape index (κ2) is 7.25. The van der Waals surface area contributed by atoms with E-state index in [9.17, 15) is 4.79 Å². The van der Waals surface area contributed by atoms with Crippen molar-refractivity contribution >= 4 is 17.3 Å². The predicted octanol–water partition coefficient (Wildman–Crippen LogP) is 5.26. The molecule has 0 atom stereocenters. The van der Waals surface area contributed by atoms with E-state index in [1.54, 1.807) is 0 Å². The summed E-state index contributed by atoms with van der Waals surface area (Å²) in [6.45, 7) is 2.08. The minimum Gasteiger partial charge on any atom is -0.448 e. The summed E-state index contributed by atoms with van der Waals surface area (Å²) in [6, 6.07) is 23.5. The van der Waals surface area contributed by atoms with Gasteiger partial charge >= 0.3 is 5.97 Å². The van der Waals surface area contributed by atoms with Crippen LogP contribution in [0.1, 0.15) is 38.7 Å². The lowest BCUT2D eigenvalue weighted by molar-refractivity contribution is 0.0384. The number of esters is 1. The van der Waals surface area contributed by atoms with E-state index in [1.165, 1.54) is 16.2 Å². The van der Waals surface area contributed by atoms with Crippen molar-refractivity contribution in [2.75, 3.05) is 0 Å². The van der Waals surface area contributed by atoms with Gasteiger partial charge in [0, 0.05) is 4.88 Å². The van der Waals surface area contributed by atoms with Gasteiger partial charge in [-0.25, -0.2) is 4.79 Å². The molecule has 0 saturated heterocycles. The highest BCUT2D eigenvalue weighted by Crippen LogP contribution is 2.28. The molecule has 0 amide bonds. The fourth-order valence-corrected chi connectivity index (χ4v) is 3.26. The van der Waals surface area contributed by atoms with E-state index in [2.05, 4.69) is 6.92 Å². The summed E-state index contributed by atoms with van der Waals surface area (Å²) in [5.41, 5.74) is 1.94. The van der Waals surface area contributed by atoms with E-state index in [0.29, 0.717) is 4.88 Å². The molecule has 0 bridgehead atoms. The molecule has 23 heavy (non-hydrogen) atoms. The first kappa shape index (κ1) is 15.5. The molecular formula is C20H18O2S. The van der Waals surface area contributed by atoms with Crippen molar-refractivity contribution < 1.29 is 9.53 Å². The Morgan fingerprint density at radius 2 is 1.48 bits per heavy atom. The number of carbonyl (C=O) groups is 1. The lowest BCUT2D eigenvalue weighted by Crippen LogP contribution is -2.12. The summed E-state index contributed by atoms with van der Waals surface area (Å²) in [7, 11) is 0. The molecule has 1 aromatic heterocycles. The van der Waals surface area contributed by atoms with E-state index in [4.69, 9.17) is 4.74 Å². The Bertz CT molecular complexity index is 723. The lowest BCUT2D eigenvalue weighted by Gasteiger charge is -2.18. The number of aryl methyl sites for hydroxylation is 1. The smallest absolute Gasteiger partial charge is 0.349 e. The van der Waals surface area contributed by atoms with Gasteiger partial charge in [0.2, 0.25) is 0 Å². The van der Waals surface area contributed by atoms with Crippen LogP contribution < -0.4 is 0 Å². The molecule has 116 valence electrons. The average Bonchev–Trinajstić information content (AvgIpc) is 3.10. The van der Waals surface area contributed by atoms with Crippen molar-refractivity contribution in [2.45, 2.75) is 19.4 Å². The van der Waals surface area contributed by atoms with E-state index in [-0.39, 0.29) is 5.97 Å². The Hall–Kier alpha value is -2.39. The van der Waals surface area contributed by atoms with Gasteiger partial charge in [-0.05, 0) is 29.7 Å². The second-order valence-corrected chi connectivity index (χ2v) is 6.39. The van der Waals surface area contributed by atoms with Crippen LogP contribution in [0.2, 0.25) is 0 Å². The molecule has 0 spiro atoms. The minimum atomic E-state index is -0.392. The van der Waals surface area contributed by atoms with Crippen molar-refractivity contribution in [1.29, 1.82) is 0 Å². The normalized spacial score (nSPS) is 10.7. The standard InChI is InChI=1S/C20H18O2S/c1-2-17-13-14-18(23-17)20(21)22-19(15-9-5-3-6-10-15)16-11-7-4-8-12-16/h3-14,19H,2H2,1H3. The number of ether oxygens (including phenoxy) is 1. The Kier molecular flexibility index (Phi) is 4.89. The van der Waals surface area contributed by atoms with E-state index in [0.717, 1.165) is 17.5 Å². The van der Waals surface area contributed by atoms with Crippen LogP contribution in [0, 0.1) is 0 Å². The van der Waals surface area contributed by atoms with Gasteiger partial charge in [-0.3, -0.25) is 0 Å². The lowest BCUT2D eigenvalue weighted by atomic mass is 10.0. The third-order valence-electron chi connectivity index (χ3n) is 3.64. The van der Waals surface area contributed by atoms with Gasteiger partial charge in [-0.2, -0.15) is 0 Å². The monoisotopic (exact) mass is 322 g/mol. The zero-order valence-electron chi connectivity index (χ0n) is 12.9. The summed E-state index contributed by atoms with van der Waals surface area (Å²) in [4.78, 5) is 14.4. The molecule has 3 rings (SSSR count). The molecule has 1 heterocycles. The van der Waals surface area contributed by atoms with E-state index in [1.807, 2.05) is 72.8 Å². The molecule has 2 aromatic carbocycles. The minimum absolute atomic E-state index is 0.271. The number of thiophene rings is 1. The van der Waals surface area contributed by atoms with Gasteiger partial charge in [0.1, 0.15) is 4.88 Å². The van der Waals surface area contributed by atoms with Crippen LogP contribution in [0.5, 0.6) is 0 Å². The highest BCUT2D eigenvalue weighted by atomic mass is 32.1. The van der Waals surface area contributed by atoms with Crippen LogP contribution in [-0.4, -0.2) is 5.97 Å². The van der Waals surface area contributed by atoms with E-state index >= 15 is 0 Å². The predicted molar refractivity (Wildman–Crippen MR) is 93.8 cm³/mol. The number of rotatable bonds is 5. The van der Waals surface area contributed by atoms with Crippen LogP contribution in [0.25, 0.3) is 0 Å². The molecule has 0 saturated carbocycles. The summed E-state index contributed by atoms with van der Waals surface area (Å²) in [5.74, 6) is -0.271. The van der Waals surface area contributed by atoms with Crippen LogP contribution in [0.15, 0.2) is 72.8 Å². The van der Waals surface area contributed by atoms with Gasteiger partial charge in [0.05, 0.1) is 0 Å². The first-order valence-electron chi connectivity index (χ1n) is 7.67. The molecule has 0 N–H and O–H groups in total. The summed E-state index contributed by atoms with van der Waals surface area (Å²) < 4.78 is 5.84. The largest absolute Gasteiger partial charge is 0.448 e. The van der Waals surface area contributed by atoms with Crippen LogP contribution in [0.4, 0.5) is 0 Å². The Balaban J connectivity index is 1.88. The van der Waals surface area contributed by atoms with Gasteiger partial charge < -0.3 is 4.74 Å². The summed E-state index contributed by atoms with van der Waals surface area (Å²) in [6.07, 6.45) is 0.538. The number of carbonyl (C=O) groups excluding carboxylic acids is 1. The molecule has 3 heteroatoms. The van der Waals surface area contributed by atoms with Crippen molar-refractivity contribution in [3.05, 3.63) is 93.7 Å². The third-order valence-corrected chi connectivity index (χ3v) is 4.85. The number of benzene rings is 2. The summed E-state index contributed by atoms with van der Waals surface area (Å²) in [5, 5.41) is 0. The zero-order chi connectivity index (χ0) is 16.1. The highest BCUT2D eigenvalue weighted by Gasteiger charge is 2.20. The first-order valence-corrected chi connectivity index (χ1v) is 8.49. The van der Waals surface area contributed by atoms with Crippen molar-refractivity contribution in [1.82, 2.24) is 0 Å². The Morgan fingerprint density at radius 1 is 0.913 bits per heavy atom. The fourth-order valence-electron chi connectivity index (χ4n) is 2.43. The molecular weight excluding hydrogens is 304 g/mol. The van der Waals surface area contributed by atoms with Crippen molar-refractivity contribution in [3.8, 4) is 0 Å². The van der Waals surface area contributed by atoms with Gasteiger partial charge in [0.15, 0.2) is 6.10 Å². The maximum absolute atomic E-state index is 12.5. The highest BCUT2D eigenvalue weighted by molar-refractivity contribution is 7.13.